The SMILES string of the molecule is COCCNC(c1cc(Br)c(Br)s1)c1nc(C)c(C)s1. The summed E-state index contributed by atoms with van der Waals surface area (Å²) in [6.07, 6.45) is 0. The van der Waals surface area contributed by atoms with E-state index >= 15 is 0 Å². The third-order valence-corrected chi connectivity index (χ3v) is 7.35. The van der Waals surface area contributed by atoms with Gasteiger partial charge in [0.1, 0.15) is 5.01 Å². The topological polar surface area (TPSA) is 34.1 Å². The molecule has 0 bridgehead atoms. The Morgan fingerprint density at radius 1 is 1.35 bits per heavy atom. The van der Waals surface area contributed by atoms with Crippen molar-refractivity contribution in [3.05, 3.63) is 34.8 Å². The molecule has 0 radical (unpaired) electrons. The molecule has 2 aromatic heterocycles. The van der Waals surface area contributed by atoms with E-state index in [1.54, 1.807) is 29.8 Å². The van der Waals surface area contributed by atoms with Gasteiger partial charge < -0.3 is 10.1 Å². The molecule has 0 aliphatic heterocycles. The summed E-state index contributed by atoms with van der Waals surface area (Å²) in [5.74, 6) is 0. The molecule has 0 fully saturated rings. The molecule has 110 valence electrons. The predicted octanol–water partition coefficient (Wildman–Crippen LogP) is 4.67. The van der Waals surface area contributed by atoms with Gasteiger partial charge in [-0.15, -0.1) is 22.7 Å². The van der Waals surface area contributed by atoms with Crippen molar-refractivity contribution in [1.82, 2.24) is 10.3 Å². The maximum absolute atomic E-state index is 5.13. The molecule has 0 saturated heterocycles. The minimum absolute atomic E-state index is 0.121. The first kappa shape index (κ1) is 16.6. The lowest BCUT2D eigenvalue weighted by Gasteiger charge is -2.14. The quantitative estimate of drug-likeness (QED) is 0.664. The molecule has 2 rings (SSSR count). The van der Waals surface area contributed by atoms with Crippen LogP contribution in [0.5, 0.6) is 0 Å². The smallest absolute Gasteiger partial charge is 0.115 e. The van der Waals surface area contributed by atoms with Crippen LogP contribution in [0.4, 0.5) is 0 Å². The number of nitrogens with zero attached hydrogens (tertiary/aromatic N) is 1. The van der Waals surface area contributed by atoms with Crippen LogP contribution >= 0.6 is 54.5 Å². The van der Waals surface area contributed by atoms with E-state index in [1.165, 1.54) is 9.75 Å². The molecule has 2 aromatic rings. The average Bonchev–Trinajstić information content (AvgIpc) is 2.90. The Hall–Kier alpha value is 0.210. The maximum Gasteiger partial charge on any atom is 0.115 e. The first-order valence-electron chi connectivity index (χ1n) is 6.14. The Kier molecular flexibility index (Phi) is 6.19. The van der Waals surface area contributed by atoms with Gasteiger partial charge in [-0.25, -0.2) is 4.98 Å². The molecule has 0 amide bonds. The summed E-state index contributed by atoms with van der Waals surface area (Å²) in [4.78, 5) is 7.21. The van der Waals surface area contributed by atoms with Crippen molar-refractivity contribution in [2.24, 2.45) is 0 Å². The van der Waals surface area contributed by atoms with Gasteiger partial charge >= 0.3 is 0 Å². The fourth-order valence-corrected chi connectivity index (χ4v) is 5.00. The van der Waals surface area contributed by atoms with Crippen molar-refractivity contribution in [2.45, 2.75) is 19.9 Å². The van der Waals surface area contributed by atoms with Gasteiger partial charge in [0, 0.05) is 27.9 Å². The van der Waals surface area contributed by atoms with Gasteiger partial charge in [0.2, 0.25) is 0 Å². The number of rotatable bonds is 6. The second-order valence-corrected chi connectivity index (χ2v) is 8.83. The Morgan fingerprint density at radius 3 is 2.60 bits per heavy atom. The lowest BCUT2D eigenvalue weighted by Crippen LogP contribution is -2.25. The van der Waals surface area contributed by atoms with Gasteiger partial charge in [0.15, 0.2) is 0 Å². The normalized spacial score (nSPS) is 12.8. The van der Waals surface area contributed by atoms with E-state index in [0.717, 1.165) is 25.5 Å². The van der Waals surface area contributed by atoms with Crippen molar-refractivity contribution < 1.29 is 4.74 Å². The van der Waals surface area contributed by atoms with Crippen LogP contribution in [-0.2, 0) is 4.74 Å². The van der Waals surface area contributed by atoms with Crippen molar-refractivity contribution in [2.75, 3.05) is 20.3 Å². The zero-order valence-electron chi connectivity index (χ0n) is 11.5. The first-order chi connectivity index (χ1) is 9.52. The molecular weight excluding hydrogens is 424 g/mol. The molecular formula is C13H16Br2N2OS2. The molecule has 3 nitrogen and oxygen atoms in total. The largest absolute Gasteiger partial charge is 0.383 e. The molecule has 20 heavy (non-hydrogen) atoms. The van der Waals surface area contributed by atoms with Crippen LogP contribution < -0.4 is 5.32 Å². The molecule has 0 spiro atoms. The number of nitrogens with one attached hydrogen (secondary N) is 1. The standard InChI is InChI=1S/C13H16Br2N2OS2/c1-7-8(2)19-13(17-7)11(16-4-5-18-3)10-6-9(14)12(15)20-10/h6,11,16H,4-5H2,1-3H3. The minimum atomic E-state index is 0.121. The maximum atomic E-state index is 5.13. The number of methoxy groups -OCH3 is 1. The van der Waals surface area contributed by atoms with Crippen molar-refractivity contribution >= 4 is 54.5 Å². The van der Waals surface area contributed by atoms with E-state index in [1.807, 2.05) is 0 Å². The van der Waals surface area contributed by atoms with E-state index in [0.29, 0.717) is 6.61 Å². The van der Waals surface area contributed by atoms with Crippen molar-refractivity contribution in [1.29, 1.82) is 0 Å². The summed E-state index contributed by atoms with van der Waals surface area (Å²) in [5, 5.41) is 4.63. The highest BCUT2D eigenvalue weighted by Crippen LogP contribution is 2.38. The number of hydrogen-bond acceptors (Lipinski definition) is 5. The lowest BCUT2D eigenvalue weighted by atomic mass is 10.2. The monoisotopic (exact) mass is 438 g/mol. The third kappa shape index (κ3) is 3.90. The van der Waals surface area contributed by atoms with Gasteiger partial charge in [-0.3, -0.25) is 0 Å². The Labute approximate surface area is 144 Å². The van der Waals surface area contributed by atoms with E-state index in [9.17, 15) is 0 Å². The van der Waals surface area contributed by atoms with Crippen LogP contribution in [0.3, 0.4) is 0 Å². The van der Waals surface area contributed by atoms with E-state index in [4.69, 9.17) is 9.72 Å². The van der Waals surface area contributed by atoms with Crippen LogP contribution in [0.25, 0.3) is 0 Å². The number of aromatic nitrogens is 1. The lowest BCUT2D eigenvalue weighted by molar-refractivity contribution is 0.197. The van der Waals surface area contributed by atoms with Crippen molar-refractivity contribution in [3.8, 4) is 0 Å². The van der Waals surface area contributed by atoms with E-state index in [2.05, 4.69) is 57.1 Å². The number of halogens is 2. The zero-order valence-corrected chi connectivity index (χ0v) is 16.3. The number of hydrogen-bond donors (Lipinski definition) is 1. The molecule has 0 saturated carbocycles. The number of thiazole rings is 1. The summed E-state index contributed by atoms with van der Waals surface area (Å²) in [5.41, 5.74) is 1.11. The van der Waals surface area contributed by atoms with Crippen LogP contribution in [-0.4, -0.2) is 25.2 Å². The molecule has 7 heteroatoms. The number of aryl methyl sites for hydroxylation is 2. The van der Waals surface area contributed by atoms with Gasteiger partial charge in [-0.2, -0.15) is 0 Å². The van der Waals surface area contributed by atoms with Crippen LogP contribution in [0, 0.1) is 13.8 Å². The fourth-order valence-electron chi connectivity index (χ4n) is 1.74. The molecule has 2 heterocycles. The zero-order chi connectivity index (χ0) is 14.7. The van der Waals surface area contributed by atoms with E-state index in [-0.39, 0.29) is 6.04 Å². The number of thiophene rings is 1. The molecule has 0 aromatic carbocycles. The minimum Gasteiger partial charge on any atom is -0.383 e. The highest BCUT2D eigenvalue weighted by atomic mass is 79.9. The van der Waals surface area contributed by atoms with Gasteiger partial charge in [0.05, 0.1) is 22.1 Å². The Bertz CT molecular complexity index is 498. The van der Waals surface area contributed by atoms with Crippen LogP contribution in [0.1, 0.15) is 26.5 Å². The predicted molar refractivity (Wildman–Crippen MR) is 93.0 cm³/mol. The number of ether oxygens (including phenoxy) is 1. The first-order valence-corrected chi connectivity index (χ1v) is 9.35. The van der Waals surface area contributed by atoms with Crippen molar-refractivity contribution in [3.63, 3.8) is 0 Å². The second-order valence-electron chi connectivity index (χ2n) is 4.34. The molecule has 1 atom stereocenters. The summed E-state index contributed by atoms with van der Waals surface area (Å²) >= 11 is 10.6. The van der Waals surface area contributed by atoms with Gasteiger partial charge in [-0.1, -0.05) is 0 Å². The Morgan fingerprint density at radius 2 is 2.10 bits per heavy atom. The molecule has 1 unspecified atom stereocenters. The molecule has 0 aliphatic carbocycles. The van der Waals surface area contributed by atoms with Crippen LogP contribution in [0.15, 0.2) is 14.3 Å². The molecule has 1 N–H and O–H groups in total. The third-order valence-electron chi connectivity index (χ3n) is 2.90. The van der Waals surface area contributed by atoms with Crippen LogP contribution in [0.2, 0.25) is 0 Å². The van der Waals surface area contributed by atoms with E-state index < -0.39 is 0 Å². The summed E-state index contributed by atoms with van der Waals surface area (Å²) in [6.45, 7) is 5.66. The molecule has 0 aliphatic rings. The summed E-state index contributed by atoms with van der Waals surface area (Å²) in [7, 11) is 1.71. The fraction of sp³-hybridized carbons (Fsp3) is 0.462. The second kappa shape index (κ2) is 7.47. The van der Waals surface area contributed by atoms with Gasteiger partial charge in [0.25, 0.3) is 0 Å². The highest BCUT2D eigenvalue weighted by molar-refractivity contribution is 9.13. The average molecular weight is 440 g/mol. The Balaban J connectivity index is 2.28. The highest BCUT2D eigenvalue weighted by Gasteiger charge is 2.21. The summed E-state index contributed by atoms with van der Waals surface area (Å²) < 4.78 is 7.32. The van der Waals surface area contributed by atoms with Gasteiger partial charge in [-0.05, 0) is 51.8 Å². The summed E-state index contributed by atoms with van der Waals surface area (Å²) in [6, 6.07) is 2.26.